The van der Waals surface area contributed by atoms with E-state index in [1.807, 2.05) is 0 Å². The van der Waals surface area contributed by atoms with Crippen LogP contribution in [0.3, 0.4) is 0 Å². The molecule has 0 unspecified atom stereocenters. The van der Waals surface area contributed by atoms with Crippen LogP contribution in [0.15, 0.2) is 0 Å². The molecular weight excluding hydrogens is 256 g/mol. The number of hydrogen-bond donors (Lipinski definition) is 0. The van der Waals surface area contributed by atoms with Crippen molar-refractivity contribution < 1.29 is 2.69 Å². The Labute approximate surface area is 49.0 Å². The summed E-state index contributed by atoms with van der Waals surface area (Å²) in [6.07, 6.45) is 1.16. The molecule has 0 bridgehead atoms. The van der Waals surface area contributed by atoms with Crippen LogP contribution in [0.1, 0.15) is 13.3 Å². The Morgan fingerprint density at radius 1 is 1.80 bits per heavy atom. The van der Waals surface area contributed by atoms with Crippen LogP contribution in [0.5, 0.6) is 0 Å². The molecule has 0 radical (unpaired) electrons. The van der Waals surface area contributed by atoms with E-state index in [9.17, 15) is 0 Å². The molecular formula is C3H7OTl. The van der Waals surface area contributed by atoms with Gasteiger partial charge in [-0.05, 0) is 0 Å². The van der Waals surface area contributed by atoms with E-state index in [4.69, 9.17) is 2.69 Å². The Hall–Kier alpha value is 0.882. The molecule has 0 aliphatic heterocycles. The third-order valence-corrected chi connectivity index (χ3v) is 1.24. The van der Waals surface area contributed by atoms with Gasteiger partial charge in [-0.3, -0.25) is 0 Å². The SMILES string of the molecule is CCC[O][Tl]. The molecule has 0 aromatic rings. The quantitative estimate of drug-likeness (QED) is 0.659. The van der Waals surface area contributed by atoms with Gasteiger partial charge in [-0.2, -0.15) is 0 Å². The molecule has 0 aromatic heterocycles. The van der Waals surface area contributed by atoms with Gasteiger partial charge in [0.15, 0.2) is 0 Å². The van der Waals surface area contributed by atoms with Crippen molar-refractivity contribution in [3.8, 4) is 0 Å². The first kappa shape index (κ1) is 5.88. The first-order valence-electron chi connectivity index (χ1n) is 1.73. The van der Waals surface area contributed by atoms with Gasteiger partial charge in [-0.25, -0.2) is 0 Å². The molecule has 0 amide bonds. The third-order valence-electron chi connectivity index (χ3n) is 0.322. The van der Waals surface area contributed by atoms with Gasteiger partial charge in [0.25, 0.3) is 0 Å². The van der Waals surface area contributed by atoms with Gasteiger partial charge in [0.1, 0.15) is 0 Å². The average molecular weight is 263 g/mol. The summed E-state index contributed by atoms with van der Waals surface area (Å²) in [7, 11) is 0. The Bertz CT molecular complexity index is 14.4. The molecule has 0 fully saturated rings. The minimum absolute atomic E-state index is 0.736. The van der Waals surface area contributed by atoms with Crippen molar-refractivity contribution in [3.05, 3.63) is 0 Å². The van der Waals surface area contributed by atoms with Crippen LogP contribution in [-0.2, 0) is 2.69 Å². The normalized spacial score (nSPS) is 8.00. The Morgan fingerprint density at radius 3 is 2.40 bits per heavy atom. The number of rotatable bonds is 2. The molecule has 0 aliphatic rings. The molecule has 5 heavy (non-hydrogen) atoms. The Morgan fingerprint density at radius 2 is 2.40 bits per heavy atom. The summed E-state index contributed by atoms with van der Waals surface area (Å²) in [6.45, 7) is 3.08. The first-order chi connectivity index (χ1) is 2.41. The van der Waals surface area contributed by atoms with Crippen molar-refractivity contribution in [3.63, 3.8) is 0 Å². The van der Waals surface area contributed by atoms with Crippen LogP contribution in [0.25, 0.3) is 0 Å². The molecule has 0 atom stereocenters. The first-order valence-corrected chi connectivity index (χ1v) is 3.56. The van der Waals surface area contributed by atoms with Gasteiger partial charge in [0.2, 0.25) is 0 Å². The minimum atomic E-state index is 0.736. The summed E-state index contributed by atoms with van der Waals surface area (Å²) in [4.78, 5) is 0. The fraction of sp³-hybridized carbons (Fsp3) is 1.00. The van der Waals surface area contributed by atoms with Gasteiger partial charge >= 0.3 is 48.9 Å². The van der Waals surface area contributed by atoms with Crippen molar-refractivity contribution in [1.82, 2.24) is 0 Å². The predicted octanol–water partition coefficient (Wildman–Crippen LogP) is 0.496. The molecule has 0 rings (SSSR count). The van der Waals surface area contributed by atoms with Crippen LogP contribution < -0.4 is 0 Å². The van der Waals surface area contributed by atoms with E-state index in [-0.39, 0.29) is 0 Å². The zero-order chi connectivity index (χ0) is 4.12. The van der Waals surface area contributed by atoms with Crippen molar-refractivity contribution in [1.29, 1.82) is 0 Å². The van der Waals surface area contributed by atoms with Gasteiger partial charge in [-0.15, -0.1) is 0 Å². The third kappa shape index (κ3) is 4.88. The molecule has 0 spiro atoms. The second kappa shape index (κ2) is 4.88. The zero-order valence-electron chi connectivity index (χ0n) is 3.40. The monoisotopic (exact) mass is 264 g/mol. The maximum atomic E-state index is 4.86. The zero-order valence-corrected chi connectivity index (χ0v) is 7.89. The second-order valence-corrected chi connectivity index (χ2v) is 2.17. The van der Waals surface area contributed by atoms with Gasteiger partial charge < -0.3 is 0 Å². The molecule has 2 heteroatoms. The molecule has 0 aromatic carbocycles. The van der Waals surface area contributed by atoms with Crippen LogP contribution in [0.2, 0.25) is 0 Å². The fourth-order valence-corrected chi connectivity index (χ4v) is 1.03. The summed E-state index contributed by atoms with van der Waals surface area (Å²) in [5.41, 5.74) is 0. The van der Waals surface area contributed by atoms with Gasteiger partial charge in [0.05, 0.1) is 0 Å². The standard InChI is InChI=1S/C3H7O.Tl/c1-2-3-4;/h2-3H2,1H3;/q-1;+1. The van der Waals surface area contributed by atoms with E-state index in [1.54, 1.807) is 0 Å². The Balaban J connectivity index is 2.19. The maximum absolute atomic E-state index is 4.86. The van der Waals surface area contributed by atoms with Gasteiger partial charge in [-0.1, -0.05) is 0 Å². The molecule has 0 heterocycles. The molecule has 28 valence electrons. The van der Waals surface area contributed by atoms with E-state index in [0.717, 1.165) is 39.2 Å². The number of hydrogen-bond acceptors (Lipinski definition) is 1. The van der Waals surface area contributed by atoms with Crippen molar-refractivity contribution in [2.45, 2.75) is 13.3 Å². The van der Waals surface area contributed by atoms with Crippen LogP contribution >= 0.6 is 0 Å². The van der Waals surface area contributed by atoms with E-state index in [0.29, 0.717) is 0 Å². The van der Waals surface area contributed by atoms with Crippen molar-refractivity contribution in [2.75, 3.05) is 6.61 Å². The van der Waals surface area contributed by atoms with Crippen LogP contribution in [0.4, 0.5) is 0 Å². The summed E-state index contributed by atoms with van der Waals surface area (Å²) >= 11 is 0.736. The van der Waals surface area contributed by atoms with E-state index in [1.165, 1.54) is 0 Å². The summed E-state index contributed by atoms with van der Waals surface area (Å²) in [6, 6.07) is 0. The van der Waals surface area contributed by atoms with E-state index >= 15 is 0 Å². The van der Waals surface area contributed by atoms with Crippen molar-refractivity contribution >= 4 is 26.2 Å². The molecule has 0 N–H and O–H groups in total. The van der Waals surface area contributed by atoms with E-state index < -0.39 is 0 Å². The van der Waals surface area contributed by atoms with Gasteiger partial charge in [0, 0.05) is 0 Å². The average Bonchev–Trinajstić information content (AvgIpc) is 1.41. The molecule has 0 aliphatic carbocycles. The van der Waals surface area contributed by atoms with Crippen LogP contribution in [0, 0.1) is 0 Å². The predicted molar refractivity (Wildman–Crippen MR) is 22.0 cm³/mol. The molecule has 0 saturated heterocycles. The summed E-state index contributed by atoms with van der Waals surface area (Å²) in [5, 5.41) is 0. The topological polar surface area (TPSA) is 9.23 Å². The summed E-state index contributed by atoms with van der Waals surface area (Å²) in [5.74, 6) is 0. The Kier molecular flexibility index (Phi) is 5.74. The molecule has 1 nitrogen and oxygen atoms in total. The fourth-order valence-electron chi connectivity index (χ4n) is 0.118. The van der Waals surface area contributed by atoms with E-state index in [2.05, 4.69) is 6.92 Å². The molecule has 0 saturated carbocycles. The second-order valence-electron chi connectivity index (χ2n) is 0.871. The van der Waals surface area contributed by atoms with Crippen molar-refractivity contribution in [2.24, 2.45) is 0 Å². The van der Waals surface area contributed by atoms with Crippen LogP contribution in [-0.4, -0.2) is 32.8 Å². The summed E-state index contributed by atoms with van der Waals surface area (Å²) < 4.78 is 4.86.